The molecule has 2 aromatic carbocycles. The normalized spacial score (nSPS) is 18.3. The number of rotatable bonds is 5. The zero-order valence-electron chi connectivity index (χ0n) is 12.7. The molecule has 0 saturated carbocycles. The van der Waals surface area contributed by atoms with E-state index in [2.05, 4.69) is 45.1 Å². The van der Waals surface area contributed by atoms with E-state index in [9.17, 15) is 5.11 Å². The van der Waals surface area contributed by atoms with Crippen LogP contribution in [0.15, 0.2) is 59.1 Å². The summed E-state index contributed by atoms with van der Waals surface area (Å²) in [6.45, 7) is 3.22. The van der Waals surface area contributed by atoms with Gasteiger partial charge < -0.3 is 10.0 Å². The van der Waals surface area contributed by atoms with Crippen LogP contribution in [0.3, 0.4) is 0 Å². The molecule has 0 bridgehead atoms. The highest BCUT2D eigenvalue weighted by atomic mass is 79.9. The lowest BCUT2D eigenvalue weighted by molar-refractivity contribution is 0.123. The second kappa shape index (κ2) is 7.40. The van der Waals surface area contributed by atoms with Crippen molar-refractivity contribution in [2.24, 2.45) is 0 Å². The summed E-state index contributed by atoms with van der Waals surface area (Å²) in [6.07, 6.45) is 2.07. The number of halogens is 1. The first-order valence-electron chi connectivity index (χ1n) is 7.95. The Morgan fingerprint density at radius 1 is 0.909 bits per heavy atom. The van der Waals surface area contributed by atoms with Gasteiger partial charge in [-0.2, -0.15) is 0 Å². The molecule has 2 nitrogen and oxygen atoms in total. The minimum absolute atomic E-state index is 0.112. The van der Waals surface area contributed by atoms with Gasteiger partial charge in [-0.25, -0.2) is 0 Å². The summed E-state index contributed by atoms with van der Waals surface area (Å²) < 4.78 is 1.04. The van der Waals surface area contributed by atoms with Crippen LogP contribution < -0.4 is 0 Å². The Balaban J connectivity index is 1.84. The Hall–Kier alpha value is -1.16. The summed E-state index contributed by atoms with van der Waals surface area (Å²) in [4.78, 5) is 2.47. The standard InChI is InChI=1S/C19H22BrNO/c20-17-10-8-16(9-11-17)19(22)18(14-21-12-4-5-13-21)15-6-2-1-3-7-15/h1-3,6-11,18-19,22H,4-5,12-14H2/t18-,19+/m0/s1. The van der Waals surface area contributed by atoms with Crippen LogP contribution in [0.1, 0.15) is 36.0 Å². The minimum atomic E-state index is -0.476. The molecule has 1 saturated heterocycles. The van der Waals surface area contributed by atoms with E-state index in [0.29, 0.717) is 0 Å². The molecule has 0 unspecified atom stereocenters. The van der Waals surface area contributed by atoms with Gasteiger partial charge in [0.1, 0.15) is 0 Å². The van der Waals surface area contributed by atoms with E-state index in [1.165, 1.54) is 18.4 Å². The molecule has 3 heteroatoms. The second-order valence-corrected chi connectivity index (χ2v) is 6.94. The number of aliphatic hydroxyl groups is 1. The summed E-state index contributed by atoms with van der Waals surface area (Å²) in [7, 11) is 0. The lowest BCUT2D eigenvalue weighted by Crippen LogP contribution is -2.29. The van der Waals surface area contributed by atoms with E-state index >= 15 is 0 Å². The molecule has 0 aromatic heterocycles. The topological polar surface area (TPSA) is 23.5 Å². The molecule has 2 atom stereocenters. The molecule has 0 aliphatic carbocycles. The van der Waals surface area contributed by atoms with Crippen molar-refractivity contribution in [1.29, 1.82) is 0 Å². The number of likely N-dealkylation sites (tertiary alicyclic amines) is 1. The summed E-state index contributed by atoms with van der Waals surface area (Å²) in [6, 6.07) is 18.4. The highest BCUT2D eigenvalue weighted by molar-refractivity contribution is 9.10. The Bertz CT molecular complexity index is 578. The molecule has 116 valence electrons. The quantitative estimate of drug-likeness (QED) is 0.856. The first-order chi connectivity index (χ1) is 10.7. The Kier molecular flexibility index (Phi) is 5.29. The second-order valence-electron chi connectivity index (χ2n) is 6.02. The largest absolute Gasteiger partial charge is 0.388 e. The Morgan fingerprint density at radius 2 is 1.55 bits per heavy atom. The summed E-state index contributed by atoms with van der Waals surface area (Å²) in [5.74, 6) is 0.112. The van der Waals surface area contributed by atoms with Gasteiger partial charge >= 0.3 is 0 Å². The molecular formula is C19H22BrNO. The van der Waals surface area contributed by atoms with Crippen LogP contribution in [-0.2, 0) is 0 Å². The third kappa shape index (κ3) is 3.78. The van der Waals surface area contributed by atoms with Crippen LogP contribution in [0.25, 0.3) is 0 Å². The van der Waals surface area contributed by atoms with Crippen LogP contribution in [-0.4, -0.2) is 29.6 Å². The van der Waals surface area contributed by atoms with Crippen molar-refractivity contribution in [2.45, 2.75) is 24.9 Å². The van der Waals surface area contributed by atoms with Crippen molar-refractivity contribution in [3.8, 4) is 0 Å². The predicted molar refractivity (Wildman–Crippen MR) is 94.0 cm³/mol. The lowest BCUT2D eigenvalue weighted by Gasteiger charge is -2.28. The molecule has 0 spiro atoms. The molecule has 3 rings (SSSR count). The highest BCUT2D eigenvalue weighted by Crippen LogP contribution is 2.33. The maximum atomic E-state index is 10.9. The third-order valence-electron chi connectivity index (χ3n) is 4.47. The van der Waals surface area contributed by atoms with Gasteiger partial charge in [0.15, 0.2) is 0 Å². The number of hydrogen-bond acceptors (Lipinski definition) is 2. The van der Waals surface area contributed by atoms with Crippen LogP contribution in [0, 0.1) is 0 Å². The van der Waals surface area contributed by atoms with Crippen LogP contribution in [0.2, 0.25) is 0 Å². The van der Waals surface area contributed by atoms with Crippen molar-refractivity contribution in [3.05, 3.63) is 70.2 Å². The van der Waals surface area contributed by atoms with Gasteiger partial charge in [0.25, 0.3) is 0 Å². The Morgan fingerprint density at radius 3 is 2.18 bits per heavy atom. The predicted octanol–water partition coefficient (Wildman–Crippen LogP) is 4.36. The monoisotopic (exact) mass is 359 g/mol. The number of hydrogen-bond donors (Lipinski definition) is 1. The molecule has 0 amide bonds. The van der Waals surface area contributed by atoms with Crippen molar-refractivity contribution in [2.75, 3.05) is 19.6 Å². The fourth-order valence-corrected chi connectivity index (χ4v) is 3.49. The van der Waals surface area contributed by atoms with E-state index in [1.54, 1.807) is 0 Å². The van der Waals surface area contributed by atoms with Gasteiger partial charge in [-0.1, -0.05) is 58.4 Å². The molecule has 22 heavy (non-hydrogen) atoms. The number of aliphatic hydroxyl groups excluding tert-OH is 1. The van der Waals surface area contributed by atoms with E-state index in [0.717, 1.165) is 29.7 Å². The maximum absolute atomic E-state index is 10.9. The van der Waals surface area contributed by atoms with Crippen molar-refractivity contribution < 1.29 is 5.11 Å². The molecular weight excluding hydrogens is 338 g/mol. The van der Waals surface area contributed by atoms with Gasteiger partial charge in [0.05, 0.1) is 6.10 Å². The highest BCUT2D eigenvalue weighted by Gasteiger charge is 2.26. The molecule has 1 aliphatic rings. The average Bonchev–Trinajstić information content (AvgIpc) is 3.07. The van der Waals surface area contributed by atoms with Gasteiger partial charge in [0, 0.05) is 16.9 Å². The molecule has 1 heterocycles. The molecule has 1 fully saturated rings. The summed E-state index contributed by atoms with van der Waals surface area (Å²) in [5, 5.41) is 10.9. The number of nitrogens with zero attached hydrogens (tertiary/aromatic N) is 1. The van der Waals surface area contributed by atoms with Gasteiger partial charge in [-0.05, 0) is 49.2 Å². The molecule has 0 radical (unpaired) electrons. The van der Waals surface area contributed by atoms with Gasteiger partial charge in [-0.3, -0.25) is 0 Å². The van der Waals surface area contributed by atoms with E-state index < -0.39 is 6.10 Å². The first kappa shape index (κ1) is 15.7. The fourth-order valence-electron chi connectivity index (χ4n) is 3.22. The smallest absolute Gasteiger partial charge is 0.0870 e. The Labute approximate surface area is 140 Å². The van der Waals surface area contributed by atoms with Crippen molar-refractivity contribution >= 4 is 15.9 Å². The van der Waals surface area contributed by atoms with E-state index in [4.69, 9.17) is 0 Å². The maximum Gasteiger partial charge on any atom is 0.0870 e. The summed E-state index contributed by atoms with van der Waals surface area (Å²) in [5.41, 5.74) is 2.20. The zero-order chi connectivity index (χ0) is 15.4. The molecule has 1 N–H and O–H groups in total. The van der Waals surface area contributed by atoms with Crippen molar-refractivity contribution in [1.82, 2.24) is 4.90 Å². The zero-order valence-corrected chi connectivity index (χ0v) is 14.2. The number of benzene rings is 2. The summed E-state index contributed by atoms with van der Waals surface area (Å²) >= 11 is 3.46. The van der Waals surface area contributed by atoms with Crippen LogP contribution in [0.5, 0.6) is 0 Å². The van der Waals surface area contributed by atoms with Crippen LogP contribution >= 0.6 is 15.9 Å². The van der Waals surface area contributed by atoms with E-state index in [-0.39, 0.29) is 5.92 Å². The third-order valence-corrected chi connectivity index (χ3v) is 5.00. The van der Waals surface area contributed by atoms with Gasteiger partial charge in [0.2, 0.25) is 0 Å². The average molecular weight is 360 g/mol. The first-order valence-corrected chi connectivity index (χ1v) is 8.74. The molecule has 2 aromatic rings. The lowest BCUT2D eigenvalue weighted by atomic mass is 9.88. The van der Waals surface area contributed by atoms with E-state index in [1.807, 2.05) is 30.3 Å². The fraction of sp³-hybridized carbons (Fsp3) is 0.368. The molecule has 1 aliphatic heterocycles. The SMILES string of the molecule is O[C@H](c1ccc(Br)cc1)[C@@H](CN1CCCC1)c1ccccc1. The van der Waals surface area contributed by atoms with Crippen LogP contribution in [0.4, 0.5) is 0 Å². The minimum Gasteiger partial charge on any atom is -0.388 e. The van der Waals surface area contributed by atoms with Gasteiger partial charge in [-0.15, -0.1) is 0 Å². The van der Waals surface area contributed by atoms with Crippen molar-refractivity contribution in [3.63, 3.8) is 0 Å².